The Morgan fingerprint density at radius 3 is 1.67 bits per heavy atom. The molecule has 17 nitrogen and oxygen atoms in total. The minimum Gasteiger partial charge on any atom is -0.680 e. The molecule has 5 heterocycles. The Morgan fingerprint density at radius 2 is 1.14 bits per heavy atom. The number of nitrogens with zero attached hydrogens (tertiary/aromatic N) is 4. The van der Waals surface area contributed by atoms with Gasteiger partial charge in [-0.25, -0.2) is 0 Å². The van der Waals surface area contributed by atoms with Crippen molar-refractivity contribution < 1.29 is 79.4 Å². The van der Waals surface area contributed by atoms with Gasteiger partial charge in [0.25, 0.3) is 0 Å². The van der Waals surface area contributed by atoms with Crippen LogP contribution in [-0.4, -0.2) is 113 Å². The van der Waals surface area contributed by atoms with E-state index in [1.807, 2.05) is 47.6 Å². The molecule has 5 aliphatic heterocycles. The minimum atomic E-state index is -1.22. The van der Waals surface area contributed by atoms with Gasteiger partial charge in [-0.15, -0.1) is 0 Å². The molecule has 0 amide bonds. The van der Waals surface area contributed by atoms with E-state index in [2.05, 4.69) is 20.8 Å². The Kier molecular flexibility index (Phi) is 20.8. The number of methoxy groups -OCH3 is 6. The molecular formula is C52H78CoN4O13. The van der Waals surface area contributed by atoms with Crippen LogP contribution in [0.4, 0.5) is 0 Å². The summed E-state index contributed by atoms with van der Waals surface area (Å²) in [7, 11) is 8.08. The van der Waals surface area contributed by atoms with Crippen LogP contribution in [0.2, 0.25) is 0 Å². The SMILES string of the molecule is CCC[C@@H]1/C2=C(\C)C3=N/C(=C\C4=NC(=C(/C)C5=NC([C@H](CC(=O)OC)[C@@]5(C)CCC(=O)OC)[C@](C)([N-]2)[C@@]1(C)CC(=O)OC)/[C@@H](CCC(=O)OC)C4(C)C)[C@@H](CCC(=O)OC)[C@]3(C)CC(=O)OC.O.[CH3-].[Co+2]. The molecule has 393 valence electrons. The maximum Gasteiger partial charge on any atom is 2.00 e. The Labute approximate surface area is 425 Å². The molecule has 0 aromatic carbocycles. The monoisotopic (exact) mass is 1030 g/mol. The van der Waals surface area contributed by atoms with Gasteiger partial charge in [0.1, 0.15) is 0 Å². The number of ether oxygens (including phenoxy) is 6. The van der Waals surface area contributed by atoms with Crippen molar-refractivity contribution in [2.24, 2.45) is 60.3 Å². The summed E-state index contributed by atoms with van der Waals surface area (Å²) in [6.45, 7) is 18.2. The number of fused-ring (bicyclic) bond motifs is 6. The van der Waals surface area contributed by atoms with Crippen molar-refractivity contribution in [2.75, 3.05) is 42.7 Å². The third-order valence-corrected chi connectivity index (χ3v) is 16.4. The minimum absolute atomic E-state index is 0. The number of hydrogen-bond donors (Lipinski definition) is 0. The van der Waals surface area contributed by atoms with Gasteiger partial charge >= 0.3 is 52.6 Å². The van der Waals surface area contributed by atoms with E-state index >= 15 is 0 Å². The van der Waals surface area contributed by atoms with E-state index in [1.54, 1.807) is 0 Å². The zero-order valence-corrected chi connectivity index (χ0v) is 45.3. The fraction of sp³-hybridized carbons (Fsp3) is 0.692. The van der Waals surface area contributed by atoms with Gasteiger partial charge in [-0.1, -0.05) is 60.4 Å². The molecule has 0 spiro atoms. The van der Waals surface area contributed by atoms with Crippen LogP contribution in [0.25, 0.3) is 5.32 Å². The second-order valence-electron chi connectivity index (χ2n) is 20.3. The molecule has 70 heavy (non-hydrogen) atoms. The zero-order valence-electron chi connectivity index (χ0n) is 44.3. The predicted octanol–water partition coefficient (Wildman–Crippen LogP) is 7.79. The number of esters is 6. The number of aliphatic imine (C=N–C) groups is 3. The van der Waals surface area contributed by atoms with Gasteiger partial charge in [0, 0.05) is 87.8 Å². The van der Waals surface area contributed by atoms with E-state index in [4.69, 9.17) is 48.7 Å². The van der Waals surface area contributed by atoms with Crippen molar-refractivity contribution in [1.29, 1.82) is 0 Å². The molecule has 2 N–H and O–H groups in total. The smallest absolute Gasteiger partial charge is 0.680 e. The van der Waals surface area contributed by atoms with E-state index in [0.29, 0.717) is 52.6 Å². The summed E-state index contributed by atoms with van der Waals surface area (Å²) in [4.78, 5) is 96.9. The quantitative estimate of drug-likeness (QED) is 0.0770. The summed E-state index contributed by atoms with van der Waals surface area (Å²) >= 11 is 0. The van der Waals surface area contributed by atoms with Crippen molar-refractivity contribution in [3.05, 3.63) is 47.1 Å². The Bertz CT molecular complexity index is 2230. The molecule has 18 heteroatoms. The fourth-order valence-corrected chi connectivity index (χ4v) is 12.1. The van der Waals surface area contributed by atoms with Crippen LogP contribution in [-0.2, 0) is 74.0 Å². The molecule has 9 atom stereocenters. The third-order valence-electron chi connectivity index (χ3n) is 16.4. The van der Waals surface area contributed by atoms with Crippen LogP contribution in [0.3, 0.4) is 0 Å². The van der Waals surface area contributed by atoms with Crippen molar-refractivity contribution in [3.8, 4) is 0 Å². The van der Waals surface area contributed by atoms with Crippen molar-refractivity contribution in [3.63, 3.8) is 0 Å². The van der Waals surface area contributed by atoms with E-state index < -0.39 is 74.9 Å². The van der Waals surface area contributed by atoms with Crippen LogP contribution in [0.15, 0.2) is 49.3 Å². The number of carbonyl (C=O) groups excluding carboxylic acids is 6. The van der Waals surface area contributed by atoms with Gasteiger partial charge in [-0.2, -0.15) is 5.70 Å². The summed E-state index contributed by atoms with van der Waals surface area (Å²) < 4.78 is 31.6. The van der Waals surface area contributed by atoms with Gasteiger partial charge in [-0.05, 0) is 68.1 Å². The first kappa shape index (κ1) is 61.4. The molecule has 0 aromatic rings. The summed E-state index contributed by atoms with van der Waals surface area (Å²) in [6, 6.07) is -0.774. The molecule has 1 unspecified atom stereocenters. The van der Waals surface area contributed by atoms with Crippen LogP contribution >= 0.6 is 0 Å². The van der Waals surface area contributed by atoms with E-state index in [-0.39, 0.29) is 98.9 Å². The summed E-state index contributed by atoms with van der Waals surface area (Å²) in [6.07, 6.45) is 4.10. The maximum atomic E-state index is 13.9. The fourth-order valence-electron chi connectivity index (χ4n) is 12.1. The van der Waals surface area contributed by atoms with E-state index in [0.717, 1.165) is 12.0 Å². The Morgan fingerprint density at radius 1 is 0.629 bits per heavy atom. The molecule has 1 radical (unpaired) electrons. The first-order valence-corrected chi connectivity index (χ1v) is 23.5. The average Bonchev–Trinajstić information content (AvgIpc) is 3.91. The molecule has 5 rings (SSSR count). The number of carbonyl (C=O) groups is 6. The second kappa shape index (κ2) is 23.7. The molecule has 5 aliphatic rings. The van der Waals surface area contributed by atoms with E-state index in [9.17, 15) is 28.8 Å². The first-order chi connectivity index (χ1) is 31.4. The zero-order chi connectivity index (χ0) is 50.0. The van der Waals surface area contributed by atoms with Crippen molar-refractivity contribution >= 4 is 53.0 Å². The largest absolute Gasteiger partial charge is 2.00 e. The Hall–Kier alpha value is -4.68. The number of hydrogen-bond acceptors (Lipinski definition) is 15. The molecule has 0 saturated carbocycles. The molecule has 8 bridgehead atoms. The maximum absolute atomic E-state index is 13.9. The van der Waals surface area contributed by atoms with Gasteiger partial charge < -0.3 is 46.6 Å². The summed E-state index contributed by atoms with van der Waals surface area (Å²) in [5.74, 6) is -4.47. The van der Waals surface area contributed by atoms with Crippen LogP contribution in [0, 0.1) is 52.8 Å². The summed E-state index contributed by atoms with van der Waals surface area (Å²) in [5.41, 5.74) is 0.370. The molecule has 1 fully saturated rings. The topological polar surface area (TPSA) is 240 Å². The van der Waals surface area contributed by atoms with Crippen LogP contribution in [0.1, 0.15) is 133 Å². The second-order valence-corrected chi connectivity index (χ2v) is 20.3. The van der Waals surface area contributed by atoms with Gasteiger partial charge in [0.05, 0.1) is 61.9 Å². The van der Waals surface area contributed by atoms with Gasteiger partial charge in [-0.3, -0.25) is 43.7 Å². The van der Waals surface area contributed by atoms with Crippen LogP contribution < -0.4 is 0 Å². The van der Waals surface area contributed by atoms with Crippen molar-refractivity contribution in [2.45, 2.75) is 145 Å². The molecular weight excluding hydrogens is 948 g/mol. The van der Waals surface area contributed by atoms with Crippen molar-refractivity contribution in [1.82, 2.24) is 0 Å². The van der Waals surface area contributed by atoms with Crippen LogP contribution in [0.5, 0.6) is 0 Å². The first-order valence-electron chi connectivity index (χ1n) is 23.5. The number of rotatable bonds is 17. The normalized spacial score (nSPS) is 33.0. The van der Waals surface area contributed by atoms with E-state index in [1.165, 1.54) is 42.7 Å². The molecule has 1 saturated heterocycles. The Balaban J connectivity index is 0.00000560. The molecule has 0 aromatic heterocycles. The van der Waals surface area contributed by atoms with Gasteiger partial charge in [0.2, 0.25) is 0 Å². The summed E-state index contributed by atoms with van der Waals surface area (Å²) in [5, 5.41) is 5.79. The standard InChI is InChI=1S/C51H73N4O12.CH3.Co.H2O/c1-16-17-32-43-29(3)45-49(7,26-40(60)66-14)30(18-20-36(56)62-10)34(52-45)25-35-47(4,5)31(19-21-37(57)63-11)42(53-35)28(2)44-48(6,23-22-38(58)64-12)33(24-39(59)65-13)46(54-44)51(9,55-43)50(32,8)27-41(61)67-15;;;/h25,30-33,46H,16-24,26-27H2,1-15H3;1H3;;1H2/q2*-1;+2;/t30-,31-,32-,33+,46?,48-,49+,50+,51+;;;/m1.../s1. The van der Waals surface area contributed by atoms with Gasteiger partial charge in [0.15, 0.2) is 0 Å². The average molecular weight is 1030 g/mol. The predicted molar refractivity (Wildman–Crippen MR) is 262 cm³/mol. The molecule has 0 aliphatic carbocycles. The number of allylic oxidation sites excluding steroid dienone is 6. The third kappa shape index (κ3) is 10.9.